The Morgan fingerprint density at radius 3 is 0.980 bits per heavy atom. The second kappa shape index (κ2) is 15.4. The van der Waals surface area contributed by atoms with E-state index in [-0.39, 0.29) is 32.3 Å². The van der Waals surface area contributed by atoms with E-state index in [0.717, 1.165) is 48.5 Å². The van der Waals surface area contributed by atoms with Crippen molar-refractivity contribution in [1.82, 2.24) is 0 Å². The second-order valence-corrected chi connectivity index (χ2v) is 19.3. The molecule has 0 radical (unpaired) electrons. The first-order valence-corrected chi connectivity index (χ1v) is 22.2. The van der Waals surface area contributed by atoms with Crippen LogP contribution in [0.15, 0.2) is 119 Å². The Kier molecular flexibility index (Phi) is 12.0. The third-order valence-corrected chi connectivity index (χ3v) is 13.1. The molecule has 0 spiro atoms. The predicted molar refractivity (Wildman–Crippen MR) is 187 cm³/mol. The Balaban J connectivity index is 1.60. The van der Waals surface area contributed by atoms with Gasteiger partial charge in [0.15, 0.2) is 10.7 Å². The van der Waals surface area contributed by atoms with Crippen molar-refractivity contribution < 1.29 is 60.3 Å². The van der Waals surface area contributed by atoms with E-state index in [9.17, 15) is 60.3 Å². The predicted octanol–water partition coefficient (Wildman–Crippen LogP) is 3.11. The Morgan fingerprint density at radius 1 is 0.431 bits per heavy atom. The van der Waals surface area contributed by atoms with E-state index < -0.39 is 84.4 Å². The third-order valence-electron chi connectivity index (χ3n) is 7.56. The molecule has 0 aliphatic heterocycles. The van der Waals surface area contributed by atoms with Gasteiger partial charge >= 0.3 is 0 Å². The van der Waals surface area contributed by atoms with Gasteiger partial charge in [-0.1, -0.05) is 60.7 Å². The van der Waals surface area contributed by atoms with E-state index in [1.165, 1.54) is 48.5 Å². The van der Waals surface area contributed by atoms with Crippen LogP contribution in [0.2, 0.25) is 0 Å². The average molecular weight is 805 g/mol. The van der Waals surface area contributed by atoms with Crippen LogP contribution in [-0.2, 0) is 50.3 Å². The van der Waals surface area contributed by atoms with Crippen molar-refractivity contribution >= 4 is 61.7 Å². The molecule has 0 aliphatic carbocycles. The van der Waals surface area contributed by atoms with Crippen LogP contribution in [0.4, 0.5) is 11.4 Å². The number of anilines is 2. The monoisotopic (exact) mass is 804 g/mol. The minimum atomic E-state index is -5.02. The summed E-state index contributed by atoms with van der Waals surface area (Å²) in [6.07, 6.45) is 0. The van der Waals surface area contributed by atoms with Crippen molar-refractivity contribution in [3.8, 4) is 0 Å². The highest BCUT2D eigenvalue weighted by molar-refractivity contribution is 7.91. The van der Waals surface area contributed by atoms with Crippen LogP contribution in [0.3, 0.4) is 0 Å². The lowest BCUT2D eigenvalue weighted by Gasteiger charge is -2.26. The van der Waals surface area contributed by atoms with Crippen molar-refractivity contribution in [2.24, 2.45) is 0 Å². The van der Waals surface area contributed by atoms with E-state index >= 15 is 0 Å². The second-order valence-electron chi connectivity index (χ2n) is 11.2. The number of benzene rings is 4. The zero-order chi connectivity index (χ0) is 37.8. The Labute approximate surface area is 295 Å². The summed E-state index contributed by atoms with van der Waals surface area (Å²) in [7, 11) is -23.8. The number of hydrogen-bond acceptors (Lipinski definition) is 12. The number of nitrogens with one attached hydrogen (secondary N) is 2. The highest BCUT2D eigenvalue weighted by atomic mass is 32.2. The molecular formula is C30H32N2O14S5. The van der Waals surface area contributed by atoms with E-state index in [1.807, 2.05) is 0 Å². The van der Waals surface area contributed by atoms with Gasteiger partial charge in [0.1, 0.15) is 0 Å². The lowest BCUT2D eigenvalue weighted by Crippen LogP contribution is -2.38. The molecule has 4 rings (SSSR count). The Bertz CT molecular complexity index is 2210. The van der Waals surface area contributed by atoms with Crippen LogP contribution in [0.1, 0.15) is 23.0 Å². The van der Waals surface area contributed by atoms with Crippen LogP contribution < -0.4 is 10.6 Å². The molecule has 16 nitrogen and oxygen atoms in total. The molecule has 0 fully saturated rings. The van der Waals surface area contributed by atoms with Gasteiger partial charge in [-0.2, -0.15) is 33.7 Å². The first-order chi connectivity index (χ1) is 23.5. The minimum Gasteiger partial charge on any atom is -0.367 e. The van der Waals surface area contributed by atoms with Gasteiger partial charge in [0.05, 0.1) is 21.3 Å². The van der Waals surface area contributed by atoms with Gasteiger partial charge in [-0.25, -0.2) is 8.42 Å². The van der Waals surface area contributed by atoms with E-state index in [1.54, 1.807) is 12.1 Å². The summed E-state index contributed by atoms with van der Waals surface area (Å²) in [6, 6.07) is 23.8. The quantitative estimate of drug-likeness (QED) is 0.0888. The summed E-state index contributed by atoms with van der Waals surface area (Å²) in [4.78, 5) is -0.578. The Morgan fingerprint density at radius 2 is 0.725 bits per heavy atom. The summed E-state index contributed by atoms with van der Waals surface area (Å²) in [5, 5.41) is 1.00. The van der Waals surface area contributed by atoms with Crippen molar-refractivity contribution in [2.45, 2.75) is 32.4 Å². The van der Waals surface area contributed by atoms with Gasteiger partial charge < -0.3 is 10.6 Å². The van der Waals surface area contributed by atoms with Gasteiger partial charge in [-0.3, -0.25) is 18.2 Å². The molecule has 0 saturated heterocycles. The lowest BCUT2D eigenvalue weighted by atomic mass is 10.0. The fourth-order valence-electron chi connectivity index (χ4n) is 5.26. The SMILES string of the molecule is O=S(=O)(O)CC(c1ccccc1)C(Nc1ccc(S(=O)(=O)c2ccc(NC(C(CS(=O)(=O)O)c3ccccc3)S(=O)(=O)O)cc2)cc1)S(=O)(=O)O. The molecule has 0 aromatic heterocycles. The first-order valence-electron chi connectivity index (χ1n) is 14.5. The average Bonchev–Trinajstić information content (AvgIpc) is 3.03. The van der Waals surface area contributed by atoms with Crippen molar-refractivity contribution in [2.75, 3.05) is 22.1 Å². The molecular weight excluding hydrogens is 773 g/mol. The van der Waals surface area contributed by atoms with Gasteiger partial charge in [-0.15, -0.1) is 0 Å². The number of rotatable bonds is 16. The summed E-state index contributed by atoms with van der Waals surface area (Å²) in [5.74, 6) is -5.15. The standard InChI is InChI=1S/C30H32N2O14S5/c33-47(34,35)19-27(21-7-3-1-4-8-21)29(50(41,42)43)31-23-11-15-25(16-12-23)49(39,40)26-17-13-24(14-18-26)32-30(51(44,45)46)28(20-48(36,37)38)22-9-5-2-6-10-22/h1-18,27-32H,19-20H2,(H,33,34,35)(H,36,37,38)(H,41,42,43)(H,44,45,46). The summed E-state index contributed by atoms with van der Waals surface area (Å²) >= 11 is 0. The number of hydrogen-bond donors (Lipinski definition) is 6. The topological polar surface area (TPSA) is 276 Å². The number of sulfone groups is 1. The molecule has 51 heavy (non-hydrogen) atoms. The van der Waals surface area contributed by atoms with Gasteiger partial charge in [0.2, 0.25) is 9.84 Å². The van der Waals surface area contributed by atoms with Gasteiger partial charge in [0.25, 0.3) is 40.5 Å². The van der Waals surface area contributed by atoms with Crippen molar-refractivity contribution in [3.05, 3.63) is 120 Å². The first kappa shape index (κ1) is 39.8. The normalized spacial score (nSPS) is 15.3. The zero-order valence-corrected chi connectivity index (χ0v) is 30.1. The molecule has 4 aromatic rings. The fraction of sp³-hybridized carbons (Fsp3) is 0.200. The minimum absolute atomic E-state index is 0.0403. The highest BCUT2D eigenvalue weighted by Crippen LogP contribution is 2.31. The van der Waals surface area contributed by atoms with Crippen LogP contribution >= 0.6 is 0 Å². The molecule has 21 heteroatoms. The molecule has 0 saturated carbocycles. The van der Waals surface area contributed by atoms with Crippen LogP contribution in [0, 0.1) is 0 Å². The van der Waals surface area contributed by atoms with Crippen LogP contribution in [-0.4, -0.2) is 82.6 Å². The maximum atomic E-state index is 13.4. The van der Waals surface area contributed by atoms with E-state index in [2.05, 4.69) is 10.6 Å². The van der Waals surface area contributed by atoms with Crippen molar-refractivity contribution in [1.29, 1.82) is 0 Å². The molecule has 4 atom stereocenters. The summed E-state index contributed by atoms with van der Waals surface area (Å²) in [6.45, 7) is 0. The van der Waals surface area contributed by atoms with E-state index in [0.29, 0.717) is 0 Å². The molecule has 6 N–H and O–H groups in total. The van der Waals surface area contributed by atoms with Gasteiger partial charge in [-0.05, 0) is 59.7 Å². The highest BCUT2D eigenvalue weighted by Gasteiger charge is 2.38. The van der Waals surface area contributed by atoms with Crippen LogP contribution in [0.5, 0.6) is 0 Å². The summed E-state index contributed by atoms with van der Waals surface area (Å²) in [5.41, 5.74) is 0.224. The molecule has 0 amide bonds. The maximum Gasteiger partial charge on any atom is 0.286 e. The molecule has 0 bridgehead atoms. The summed E-state index contributed by atoms with van der Waals surface area (Å²) < 4.78 is 162. The zero-order valence-electron chi connectivity index (χ0n) is 26.0. The smallest absolute Gasteiger partial charge is 0.286 e. The van der Waals surface area contributed by atoms with Crippen LogP contribution in [0.25, 0.3) is 0 Å². The molecule has 4 aromatic carbocycles. The van der Waals surface area contributed by atoms with E-state index in [4.69, 9.17) is 0 Å². The lowest BCUT2D eigenvalue weighted by molar-refractivity contribution is 0.452. The largest absolute Gasteiger partial charge is 0.367 e. The maximum absolute atomic E-state index is 13.4. The molecule has 0 aliphatic rings. The van der Waals surface area contributed by atoms with Gasteiger partial charge in [0, 0.05) is 23.2 Å². The molecule has 4 unspecified atom stereocenters. The molecule has 0 heterocycles. The third kappa shape index (κ3) is 11.0. The molecule has 276 valence electrons. The van der Waals surface area contributed by atoms with Crippen molar-refractivity contribution in [3.63, 3.8) is 0 Å². The Hall–Kier alpha value is -3.93. The fourth-order valence-corrected chi connectivity index (χ4v) is 10.4.